The number of aliphatic hydroxyl groups excluding tert-OH is 2. The second kappa shape index (κ2) is 5.51. The Balaban J connectivity index is 2.10. The van der Waals surface area contributed by atoms with E-state index in [4.69, 9.17) is 9.94 Å². The Morgan fingerprint density at radius 3 is 2.44 bits per heavy atom. The Kier molecular flexibility index (Phi) is 4.00. The third kappa shape index (κ3) is 3.10. The van der Waals surface area contributed by atoms with Crippen molar-refractivity contribution in [1.29, 1.82) is 0 Å². The van der Waals surface area contributed by atoms with E-state index in [0.29, 0.717) is 19.3 Å². The predicted octanol–water partition coefficient (Wildman–Crippen LogP) is 1.28. The number of ether oxygens (including phenoxy) is 1. The van der Waals surface area contributed by atoms with E-state index in [1.54, 1.807) is 0 Å². The molecule has 1 unspecified atom stereocenters. The lowest BCUT2D eigenvalue weighted by atomic mass is 9.92. The summed E-state index contributed by atoms with van der Waals surface area (Å²) in [6.45, 7) is 0. The van der Waals surface area contributed by atoms with Crippen molar-refractivity contribution >= 4 is 5.69 Å². The van der Waals surface area contributed by atoms with Gasteiger partial charge in [0.25, 0.3) is 0 Å². The zero-order valence-electron chi connectivity index (χ0n) is 9.71. The fraction of sp³-hybridized carbons (Fsp3) is 0.500. The van der Waals surface area contributed by atoms with E-state index in [2.05, 4.69) is 0 Å². The van der Waals surface area contributed by atoms with Crippen LogP contribution in [0, 0.1) is 5.82 Å². The van der Waals surface area contributed by atoms with Gasteiger partial charge >= 0.3 is 0 Å². The van der Waals surface area contributed by atoms with E-state index in [1.807, 2.05) is 5.48 Å². The maximum absolute atomic E-state index is 13.1. The molecule has 0 saturated heterocycles. The highest BCUT2D eigenvalue weighted by atomic mass is 19.1. The molecule has 0 spiro atoms. The summed E-state index contributed by atoms with van der Waals surface area (Å²) in [6, 6.07) is 3.68. The fourth-order valence-corrected chi connectivity index (χ4v) is 2.17. The average Bonchev–Trinajstić information content (AvgIpc) is 2.27. The fourth-order valence-electron chi connectivity index (χ4n) is 2.17. The standard InChI is InChI=1S/C12H16FNO4/c13-7-1-2-11(14-17)12(3-7)18-10-5-8(15)4-9(16)6-10/h1-3,8-10,14-17H,4-6H2/t8-,9+,10?. The Bertz CT molecular complexity index is 405. The van der Waals surface area contributed by atoms with Crippen LogP contribution in [0.15, 0.2) is 18.2 Å². The molecule has 1 fully saturated rings. The molecule has 0 amide bonds. The van der Waals surface area contributed by atoms with Gasteiger partial charge in [-0.2, -0.15) is 0 Å². The van der Waals surface area contributed by atoms with Crippen LogP contribution in [0.5, 0.6) is 5.75 Å². The minimum absolute atomic E-state index is 0.156. The number of aliphatic hydroxyl groups is 2. The summed E-state index contributed by atoms with van der Waals surface area (Å²) in [6.07, 6.45) is -0.585. The minimum atomic E-state index is -0.627. The molecule has 5 nitrogen and oxygen atoms in total. The summed E-state index contributed by atoms with van der Waals surface area (Å²) in [5.74, 6) is -0.329. The summed E-state index contributed by atoms with van der Waals surface area (Å²) in [5.41, 5.74) is 2.16. The van der Waals surface area contributed by atoms with Crippen molar-refractivity contribution in [3.63, 3.8) is 0 Å². The molecule has 0 aliphatic heterocycles. The number of hydrogen-bond donors (Lipinski definition) is 4. The summed E-state index contributed by atoms with van der Waals surface area (Å²) < 4.78 is 18.6. The van der Waals surface area contributed by atoms with Gasteiger partial charge in [0.05, 0.1) is 12.2 Å². The molecule has 3 atom stereocenters. The third-order valence-corrected chi connectivity index (χ3v) is 2.97. The number of hydrogen-bond acceptors (Lipinski definition) is 5. The van der Waals surface area contributed by atoms with Crippen molar-refractivity contribution in [2.24, 2.45) is 0 Å². The van der Waals surface area contributed by atoms with Gasteiger partial charge in [-0.05, 0) is 18.6 Å². The van der Waals surface area contributed by atoms with Crippen LogP contribution < -0.4 is 10.2 Å². The first-order valence-electron chi connectivity index (χ1n) is 5.81. The van der Waals surface area contributed by atoms with Crippen LogP contribution in [0.4, 0.5) is 10.1 Å². The van der Waals surface area contributed by atoms with Gasteiger partial charge in [-0.25, -0.2) is 4.39 Å². The van der Waals surface area contributed by atoms with Crippen molar-refractivity contribution in [2.45, 2.75) is 37.6 Å². The minimum Gasteiger partial charge on any atom is -0.488 e. The van der Waals surface area contributed by atoms with E-state index < -0.39 is 24.1 Å². The first kappa shape index (κ1) is 13.1. The molecule has 100 valence electrons. The number of nitrogens with one attached hydrogen (secondary N) is 1. The molecule has 0 bridgehead atoms. The highest BCUT2D eigenvalue weighted by Crippen LogP contribution is 2.30. The molecule has 0 heterocycles. The van der Waals surface area contributed by atoms with Crippen LogP contribution in [0.2, 0.25) is 0 Å². The van der Waals surface area contributed by atoms with Gasteiger partial charge in [0.15, 0.2) is 0 Å². The third-order valence-electron chi connectivity index (χ3n) is 2.97. The smallest absolute Gasteiger partial charge is 0.148 e. The van der Waals surface area contributed by atoms with Crippen molar-refractivity contribution < 1.29 is 24.5 Å². The van der Waals surface area contributed by atoms with Gasteiger partial charge < -0.3 is 14.9 Å². The van der Waals surface area contributed by atoms with Gasteiger partial charge in [0.2, 0.25) is 0 Å². The molecule has 1 aromatic carbocycles. The Hall–Kier alpha value is -1.37. The number of rotatable bonds is 3. The molecule has 0 radical (unpaired) electrons. The van der Waals surface area contributed by atoms with Crippen LogP contribution >= 0.6 is 0 Å². The quantitative estimate of drug-likeness (QED) is 0.613. The van der Waals surface area contributed by atoms with Crippen LogP contribution in [-0.2, 0) is 0 Å². The lowest BCUT2D eigenvalue weighted by Crippen LogP contribution is -2.36. The first-order valence-corrected chi connectivity index (χ1v) is 5.81. The van der Waals surface area contributed by atoms with E-state index in [0.717, 1.165) is 6.07 Å². The maximum atomic E-state index is 13.1. The molecule has 2 rings (SSSR count). The molecule has 1 aromatic rings. The molecule has 18 heavy (non-hydrogen) atoms. The van der Waals surface area contributed by atoms with Gasteiger partial charge in [0.1, 0.15) is 23.4 Å². The summed E-state index contributed by atoms with van der Waals surface area (Å²) in [7, 11) is 0. The van der Waals surface area contributed by atoms with Gasteiger partial charge in [0, 0.05) is 18.9 Å². The molecular weight excluding hydrogens is 241 g/mol. The summed E-state index contributed by atoms with van der Waals surface area (Å²) in [5, 5.41) is 28.0. The number of benzene rings is 1. The van der Waals surface area contributed by atoms with Crippen LogP contribution in [-0.4, -0.2) is 33.7 Å². The topological polar surface area (TPSA) is 82.0 Å². The van der Waals surface area contributed by atoms with Gasteiger partial charge in [-0.3, -0.25) is 10.7 Å². The molecule has 1 aliphatic rings. The lowest BCUT2D eigenvalue weighted by molar-refractivity contribution is -0.0154. The molecule has 4 N–H and O–H groups in total. The second-order valence-electron chi connectivity index (χ2n) is 4.51. The van der Waals surface area contributed by atoms with Gasteiger partial charge in [-0.15, -0.1) is 0 Å². The van der Waals surface area contributed by atoms with E-state index in [-0.39, 0.29) is 11.4 Å². The van der Waals surface area contributed by atoms with E-state index in [9.17, 15) is 14.6 Å². The zero-order valence-corrected chi connectivity index (χ0v) is 9.71. The van der Waals surface area contributed by atoms with Crippen LogP contribution in [0.25, 0.3) is 0 Å². The summed E-state index contributed by atoms with van der Waals surface area (Å²) >= 11 is 0. The van der Waals surface area contributed by atoms with Gasteiger partial charge in [-0.1, -0.05) is 0 Å². The Morgan fingerprint density at radius 1 is 1.17 bits per heavy atom. The molecule has 0 aromatic heterocycles. The largest absolute Gasteiger partial charge is 0.488 e. The normalized spacial score (nSPS) is 27.9. The number of halogens is 1. The average molecular weight is 257 g/mol. The SMILES string of the molecule is ONc1ccc(F)cc1OC1C[C@@H](O)C[C@@H](O)C1. The molecular formula is C12H16FNO4. The second-order valence-corrected chi connectivity index (χ2v) is 4.51. The zero-order chi connectivity index (χ0) is 13.1. The van der Waals surface area contributed by atoms with Crippen LogP contribution in [0.1, 0.15) is 19.3 Å². The highest BCUT2D eigenvalue weighted by molar-refractivity contribution is 5.54. The summed E-state index contributed by atoms with van der Waals surface area (Å²) in [4.78, 5) is 0. The van der Waals surface area contributed by atoms with E-state index in [1.165, 1.54) is 12.1 Å². The highest BCUT2D eigenvalue weighted by Gasteiger charge is 2.28. The predicted molar refractivity (Wildman–Crippen MR) is 62.1 cm³/mol. The Labute approximate surface area is 104 Å². The lowest BCUT2D eigenvalue weighted by Gasteiger charge is -2.30. The first-order chi connectivity index (χ1) is 8.58. The van der Waals surface area contributed by atoms with Crippen molar-refractivity contribution in [3.8, 4) is 5.75 Å². The van der Waals surface area contributed by atoms with E-state index >= 15 is 0 Å². The van der Waals surface area contributed by atoms with Crippen molar-refractivity contribution in [1.82, 2.24) is 0 Å². The number of anilines is 1. The maximum Gasteiger partial charge on any atom is 0.148 e. The Morgan fingerprint density at radius 2 is 1.83 bits per heavy atom. The molecule has 6 heteroatoms. The molecule has 1 saturated carbocycles. The van der Waals surface area contributed by atoms with Crippen LogP contribution in [0.3, 0.4) is 0 Å². The van der Waals surface area contributed by atoms with Crippen molar-refractivity contribution in [2.75, 3.05) is 5.48 Å². The monoisotopic (exact) mass is 257 g/mol. The van der Waals surface area contributed by atoms with Crippen molar-refractivity contribution in [3.05, 3.63) is 24.0 Å². The molecule has 1 aliphatic carbocycles.